The molecule has 3 nitrogen and oxygen atoms in total. The van der Waals surface area contributed by atoms with Gasteiger partial charge >= 0.3 is 0 Å². The first-order valence-electron chi connectivity index (χ1n) is 5.52. The predicted molar refractivity (Wildman–Crippen MR) is 64.2 cm³/mol. The first-order valence-corrected chi connectivity index (χ1v) is 8.02. The third kappa shape index (κ3) is 6.38. The third-order valence-electron chi connectivity index (χ3n) is 2.78. The van der Waals surface area contributed by atoms with Crippen molar-refractivity contribution in [2.24, 2.45) is 0 Å². The summed E-state index contributed by atoms with van der Waals surface area (Å²) in [7, 11) is -2.80. The molecule has 0 saturated heterocycles. The normalized spacial score (nSPS) is 27.9. The minimum absolute atomic E-state index is 0.283. The highest BCUT2D eigenvalue weighted by Gasteiger charge is 2.18. The molecule has 1 aliphatic rings. The van der Waals surface area contributed by atoms with E-state index in [1.807, 2.05) is 0 Å². The van der Waals surface area contributed by atoms with Gasteiger partial charge in [0.15, 0.2) is 0 Å². The molecule has 1 fully saturated rings. The summed E-state index contributed by atoms with van der Waals surface area (Å²) in [5.74, 6) is 0.283. The van der Waals surface area contributed by atoms with E-state index in [1.54, 1.807) is 0 Å². The summed E-state index contributed by atoms with van der Waals surface area (Å²) in [6.07, 6.45) is 6.38. The van der Waals surface area contributed by atoms with Crippen LogP contribution in [0.1, 0.15) is 32.1 Å². The molecule has 0 aromatic carbocycles. The van der Waals surface area contributed by atoms with Gasteiger partial charge in [0.25, 0.3) is 0 Å². The standard InChI is InChI=1S/C10H20ClNO2S/c1-15(13,14)8-2-7-12-10-5-3-9(11)4-6-10/h9-10,12H,2-8H2,1H3. The maximum Gasteiger partial charge on any atom is 0.147 e. The first kappa shape index (κ1) is 13.3. The van der Waals surface area contributed by atoms with Gasteiger partial charge < -0.3 is 5.32 Å². The van der Waals surface area contributed by atoms with E-state index in [0.29, 0.717) is 17.8 Å². The van der Waals surface area contributed by atoms with Gasteiger partial charge in [0.05, 0.1) is 5.75 Å². The van der Waals surface area contributed by atoms with Gasteiger partial charge in [-0.3, -0.25) is 0 Å². The molecule has 90 valence electrons. The molecule has 0 aromatic heterocycles. The monoisotopic (exact) mass is 253 g/mol. The van der Waals surface area contributed by atoms with Gasteiger partial charge in [-0.2, -0.15) is 0 Å². The summed E-state index contributed by atoms with van der Waals surface area (Å²) in [6.45, 7) is 0.796. The van der Waals surface area contributed by atoms with Crippen LogP contribution >= 0.6 is 11.6 Å². The molecular weight excluding hydrogens is 234 g/mol. The number of halogens is 1. The van der Waals surface area contributed by atoms with Gasteiger partial charge in [-0.1, -0.05) is 0 Å². The Bertz CT molecular complexity index is 271. The molecule has 0 atom stereocenters. The van der Waals surface area contributed by atoms with Crippen molar-refractivity contribution in [3.05, 3.63) is 0 Å². The highest BCUT2D eigenvalue weighted by atomic mass is 35.5. The highest BCUT2D eigenvalue weighted by molar-refractivity contribution is 7.90. The zero-order valence-corrected chi connectivity index (χ0v) is 10.8. The van der Waals surface area contributed by atoms with Crippen LogP contribution in [0, 0.1) is 0 Å². The van der Waals surface area contributed by atoms with E-state index in [0.717, 1.165) is 32.2 Å². The van der Waals surface area contributed by atoms with Gasteiger partial charge in [0.2, 0.25) is 0 Å². The lowest BCUT2D eigenvalue weighted by atomic mass is 9.95. The Morgan fingerprint density at radius 2 is 1.87 bits per heavy atom. The molecule has 0 heterocycles. The van der Waals surface area contributed by atoms with E-state index in [2.05, 4.69) is 5.32 Å². The largest absolute Gasteiger partial charge is 0.314 e. The van der Waals surface area contributed by atoms with E-state index < -0.39 is 9.84 Å². The first-order chi connectivity index (χ1) is 6.97. The topological polar surface area (TPSA) is 46.2 Å². The number of nitrogens with one attached hydrogen (secondary N) is 1. The van der Waals surface area contributed by atoms with Gasteiger partial charge in [-0.05, 0) is 38.6 Å². The van der Waals surface area contributed by atoms with Crippen LogP contribution in [0.5, 0.6) is 0 Å². The van der Waals surface area contributed by atoms with Crippen molar-refractivity contribution in [3.63, 3.8) is 0 Å². The van der Waals surface area contributed by atoms with Crippen LogP contribution in [0.15, 0.2) is 0 Å². The average molecular weight is 254 g/mol. The summed E-state index contributed by atoms with van der Waals surface area (Å²) >= 11 is 6.00. The fourth-order valence-corrected chi connectivity index (χ4v) is 2.82. The minimum atomic E-state index is -2.80. The van der Waals surface area contributed by atoms with E-state index >= 15 is 0 Å². The number of hydrogen-bond acceptors (Lipinski definition) is 3. The highest BCUT2D eigenvalue weighted by Crippen LogP contribution is 2.22. The van der Waals surface area contributed by atoms with Crippen LogP contribution in [-0.2, 0) is 9.84 Å². The van der Waals surface area contributed by atoms with Gasteiger partial charge in [-0.15, -0.1) is 11.6 Å². The minimum Gasteiger partial charge on any atom is -0.314 e. The Labute approximate surface area is 97.5 Å². The van der Waals surface area contributed by atoms with Crippen molar-refractivity contribution >= 4 is 21.4 Å². The molecule has 5 heteroatoms. The van der Waals surface area contributed by atoms with Crippen LogP contribution in [0.4, 0.5) is 0 Å². The van der Waals surface area contributed by atoms with Crippen molar-refractivity contribution in [1.29, 1.82) is 0 Å². The Morgan fingerprint density at radius 3 is 2.40 bits per heavy atom. The quantitative estimate of drug-likeness (QED) is 0.598. The van der Waals surface area contributed by atoms with Gasteiger partial charge in [0, 0.05) is 17.7 Å². The fourth-order valence-electron chi connectivity index (χ4n) is 1.90. The van der Waals surface area contributed by atoms with Gasteiger partial charge in [-0.25, -0.2) is 8.42 Å². The lowest BCUT2D eigenvalue weighted by molar-refractivity contribution is 0.378. The summed E-state index contributed by atoms with van der Waals surface area (Å²) in [4.78, 5) is 0. The van der Waals surface area contributed by atoms with Crippen molar-refractivity contribution in [2.75, 3.05) is 18.6 Å². The molecule has 0 spiro atoms. The Balaban J connectivity index is 2.06. The zero-order chi connectivity index (χ0) is 11.3. The molecule has 0 aliphatic heterocycles. The molecule has 1 saturated carbocycles. The molecule has 0 radical (unpaired) electrons. The van der Waals surface area contributed by atoms with Crippen molar-refractivity contribution in [2.45, 2.75) is 43.5 Å². The molecule has 1 rings (SSSR count). The van der Waals surface area contributed by atoms with E-state index in [-0.39, 0.29) is 5.75 Å². The fraction of sp³-hybridized carbons (Fsp3) is 1.00. The zero-order valence-electron chi connectivity index (χ0n) is 9.21. The number of alkyl halides is 1. The van der Waals surface area contributed by atoms with E-state index in [4.69, 9.17) is 11.6 Å². The van der Waals surface area contributed by atoms with Crippen molar-refractivity contribution < 1.29 is 8.42 Å². The molecule has 0 bridgehead atoms. The lowest BCUT2D eigenvalue weighted by Gasteiger charge is -2.25. The van der Waals surface area contributed by atoms with Crippen LogP contribution in [0.25, 0.3) is 0 Å². The number of rotatable bonds is 5. The Hall–Kier alpha value is 0.200. The predicted octanol–water partition coefficient (Wildman–Crippen LogP) is 1.56. The second-order valence-corrected chi connectivity index (χ2v) is 7.26. The van der Waals surface area contributed by atoms with E-state index in [1.165, 1.54) is 6.26 Å². The third-order valence-corrected chi connectivity index (χ3v) is 4.25. The molecule has 1 aliphatic carbocycles. The number of hydrogen-bond donors (Lipinski definition) is 1. The molecule has 15 heavy (non-hydrogen) atoms. The SMILES string of the molecule is CS(=O)(=O)CCCNC1CCC(Cl)CC1. The van der Waals surface area contributed by atoms with Gasteiger partial charge in [0.1, 0.15) is 9.84 Å². The Kier molecular flexibility index (Phi) is 5.36. The second-order valence-electron chi connectivity index (χ2n) is 4.39. The Morgan fingerprint density at radius 1 is 1.27 bits per heavy atom. The molecule has 0 unspecified atom stereocenters. The smallest absolute Gasteiger partial charge is 0.147 e. The average Bonchev–Trinajstić information content (AvgIpc) is 2.14. The maximum absolute atomic E-state index is 10.9. The summed E-state index contributed by atoms with van der Waals surface area (Å²) in [6, 6.07) is 0.541. The molecule has 1 N–H and O–H groups in total. The maximum atomic E-state index is 10.9. The van der Waals surface area contributed by atoms with Crippen LogP contribution in [0.2, 0.25) is 0 Å². The second kappa shape index (κ2) is 6.06. The van der Waals surface area contributed by atoms with Crippen LogP contribution in [-0.4, -0.2) is 38.4 Å². The lowest BCUT2D eigenvalue weighted by Crippen LogP contribution is -2.34. The summed E-state index contributed by atoms with van der Waals surface area (Å²) < 4.78 is 21.8. The molecule has 0 amide bonds. The molecular formula is C10H20ClNO2S. The molecule has 0 aromatic rings. The van der Waals surface area contributed by atoms with Crippen LogP contribution in [0.3, 0.4) is 0 Å². The summed E-state index contributed by atoms with van der Waals surface area (Å²) in [5, 5.41) is 3.74. The number of sulfone groups is 1. The van der Waals surface area contributed by atoms with Crippen LogP contribution < -0.4 is 5.32 Å². The van der Waals surface area contributed by atoms with Crippen molar-refractivity contribution in [1.82, 2.24) is 5.32 Å². The van der Waals surface area contributed by atoms with Crippen molar-refractivity contribution in [3.8, 4) is 0 Å². The summed E-state index contributed by atoms with van der Waals surface area (Å²) in [5.41, 5.74) is 0. The van der Waals surface area contributed by atoms with E-state index in [9.17, 15) is 8.42 Å².